The third kappa shape index (κ3) is 43.6. The molecule has 0 spiro atoms. The fraction of sp³-hybridized carbons (Fsp3) is 0.923. The molecule has 0 saturated heterocycles. The number of hydrogen-bond acceptors (Lipinski definition) is 7. The van der Waals surface area contributed by atoms with E-state index in [1.165, 1.54) is 154 Å². The van der Waals surface area contributed by atoms with Crippen LogP contribution in [0.1, 0.15) is 246 Å². The highest BCUT2D eigenvalue weighted by atomic mass is 16.8. The van der Waals surface area contributed by atoms with Crippen LogP contribution in [0.25, 0.3) is 0 Å². The molecule has 0 amide bonds. The second-order valence-corrected chi connectivity index (χ2v) is 16.9. The summed E-state index contributed by atoms with van der Waals surface area (Å²) in [7, 11) is 3.35. The lowest BCUT2D eigenvalue weighted by molar-refractivity contribution is -0.188. The molecule has 0 heterocycles. The van der Waals surface area contributed by atoms with Gasteiger partial charge >= 0.3 is 0 Å². The number of unbranched alkanes of at least 4 members (excludes halogenated alkanes) is 26. The van der Waals surface area contributed by atoms with Crippen molar-refractivity contribution in [2.75, 3.05) is 40.6 Å². The summed E-state index contributed by atoms with van der Waals surface area (Å²) in [6, 6.07) is 0. The van der Waals surface area contributed by atoms with Crippen molar-refractivity contribution in [1.29, 1.82) is 0 Å². The Bertz CT molecular complexity index is 730. The van der Waals surface area contributed by atoms with Crippen LogP contribution >= 0.6 is 0 Å². The predicted molar refractivity (Wildman–Crippen MR) is 252 cm³/mol. The van der Waals surface area contributed by atoms with Gasteiger partial charge in [-0.25, -0.2) is 0 Å². The first-order valence-electron chi connectivity index (χ1n) is 25.7. The van der Waals surface area contributed by atoms with Crippen LogP contribution in [0, 0.1) is 0 Å². The molecule has 0 radical (unpaired) electrons. The Labute approximate surface area is 368 Å². The van der Waals surface area contributed by atoms with E-state index in [4.69, 9.17) is 33.2 Å². The highest BCUT2D eigenvalue weighted by Gasteiger charge is 2.13. The number of methoxy groups -OCH3 is 2. The lowest BCUT2D eigenvalue weighted by Gasteiger charge is -2.19. The molecule has 59 heavy (non-hydrogen) atoms. The molecule has 2 unspecified atom stereocenters. The first-order valence-corrected chi connectivity index (χ1v) is 25.7. The maximum Gasteiger partial charge on any atom is 0.179 e. The summed E-state index contributed by atoms with van der Waals surface area (Å²) in [5.41, 5.74) is 0. The van der Waals surface area contributed by atoms with Gasteiger partial charge in [-0.1, -0.05) is 194 Å². The zero-order chi connectivity index (χ0) is 43.0. The molecule has 0 aliphatic carbocycles. The summed E-state index contributed by atoms with van der Waals surface area (Å²) >= 11 is 0. The zero-order valence-corrected chi connectivity index (χ0v) is 40.3. The second-order valence-electron chi connectivity index (χ2n) is 16.9. The summed E-state index contributed by atoms with van der Waals surface area (Å²) in [5.74, 6) is 0. The molecule has 352 valence electrons. The first kappa shape index (κ1) is 58.2. The Morgan fingerprint density at radius 1 is 0.322 bits per heavy atom. The van der Waals surface area contributed by atoms with Crippen LogP contribution in [0.3, 0.4) is 0 Å². The summed E-state index contributed by atoms with van der Waals surface area (Å²) in [6.07, 6.45) is 48.8. The minimum Gasteiger partial charge on any atom is -0.353 e. The van der Waals surface area contributed by atoms with Crippen molar-refractivity contribution in [3.05, 3.63) is 24.3 Å². The van der Waals surface area contributed by atoms with Crippen molar-refractivity contribution >= 4 is 0 Å². The van der Waals surface area contributed by atoms with Crippen molar-refractivity contribution in [2.24, 2.45) is 0 Å². The summed E-state index contributed by atoms with van der Waals surface area (Å²) in [5, 5.41) is 0. The Balaban J connectivity index is 4.69. The van der Waals surface area contributed by atoms with Crippen molar-refractivity contribution in [3.8, 4) is 0 Å². The van der Waals surface area contributed by atoms with E-state index in [0.717, 1.165) is 90.6 Å². The normalized spacial score (nSPS) is 13.3. The number of allylic oxidation sites excluding steroid dienone is 2. The molecule has 0 aromatic heterocycles. The van der Waals surface area contributed by atoms with Gasteiger partial charge in [-0.15, -0.1) is 0 Å². The van der Waals surface area contributed by atoms with Crippen molar-refractivity contribution in [2.45, 2.75) is 271 Å². The fourth-order valence-electron chi connectivity index (χ4n) is 7.24. The predicted octanol–water partition coefficient (Wildman–Crippen LogP) is 16.1. The van der Waals surface area contributed by atoms with E-state index < -0.39 is 12.6 Å². The molecule has 0 N–H and O–H groups in total. The molecule has 0 aromatic rings. The molecule has 0 bridgehead atoms. The van der Waals surface area contributed by atoms with Gasteiger partial charge in [-0.2, -0.15) is 0 Å². The molecule has 0 fully saturated rings. The van der Waals surface area contributed by atoms with Crippen LogP contribution in [0.15, 0.2) is 24.3 Å². The van der Waals surface area contributed by atoms with E-state index in [-0.39, 0.29) is 12.6 Å². The average Bonchev–Trinajstić information content (AvgIpc) is 3.25. The topological polar surface area (TPSA) is 64.6 Å². The highest BCUT2D eigenvalue weighted by molar-refractivity contribution is 4.89. The molecule has 2 atom stereocenters. The van der Waals surface area contributed by atoms with Gasteiger partial charge in [0.2, 0.25) is 0 Å². The Hall–Kier alpha value is -0.800. The van der Waals surface area contributed by atoms with Crippen LogP contribution in [-0.2, 0) is 33.2 Å². The van der Waals surface area contributed by atoms with Crippen LogP contribution < -0.4 is 0 Å². The van der Waals surface area contributed by atoms with Crippen LogP contribution in [0.2, 0.25) is 0 Å². The largest absolute Gasteiger partial charge is 0.353 e. The van der Waals surface area contributed by atoms with Gasteiger partial charge in [0.05, 0.1) is 0 Å². The molecular formula is C52H102O7. The van der Waals surface area contributed by atoms with Crippen LogP contribution in [0.4, 0.5) is 0 Å². The molecule has 0 aliphatic heterocycles. The van der Waals surface area contributed by atoms with Gasteiger partial charge in [0.25, 0.3) is 0 Å². The van der Waals surface area contributed by atoms with Gasteiger partial charge in [0.1, 0.15) is 0 Å². The average molecular weight is 839 g/mol. The maximum absolute atomic E-state index is 6.26. The highest BCUT2D eigenvalue weighted by Crippen LogP contribution is 2.16. The monoisotopic (exact) mass is 839 g/mol. The Morgan fingerprint density at radius 3 is 0.831 bits per heavy atom. The van der Waals surface area contributed by atoms with E-state index in [2.05, 4.69) is 39.8 Å². The standard InChI is InChI=1S/C52H102O7/c1-7-11-15-19-23-27-37-45-55-51(56-46-38-28-24-20-16-12-8-2)43-35-31-33-41-49(53-5)59-50(54-6)42-34-32-36-44-52(57-47-39-29-25-21-17-13-9-3)58-48-40-30-26-22-18-14-10-4/h33-34,41-42,49-52H,7-32,35-40,43-48H2,1-6H3. The number of rotatable bonds is 50. The molecule has 0 aromatic carbocycles. The summed E-state index contributed by atoms with van der Waals surface area (Å²) in [6.45, 7) is 12.3. The van der Waals surface area contributed by atoms with Gasteiger partial charge < -0.3 is 33.2 Å². The summed E-state index contributed by atoms with van der Waals surface area (Å²) in [4.78, 5) is 0. The molecule has 7 heteroatoms. The van der Waals surface area contributed by atoms with Gasteiger partial charge in [-0.3, -0.25) is 0 Å². The van der Waals surface area contributed by atoms with Crippen molar-refractivity contribution < 1.29 is 33.2 Å². The molecule has 0 aliphatic rings. The van der Waals surface area contributed by atoms with E-state index in [0.29, 0.717) is 0 Å². The Morgan fingerprint density at radius 2 is 0.576 bits per heavy atom. The van der Waals surface area contributed by atoms with Crippen molar-refractivity contribution in [3.63, 3.8) is 0 Å². The molecule has 0 saturated carbocycles. The fourth-order valence-corrected chi connectivity index (χ4v) is 7.24. The SMILES string of the molecule is CCCCCCCCCOC(CCCC=CC(OC)OC(C=CCCCC(OCCCCCCCCC)OCCCCCCCCC)OC)OCCCCCCCCC. The number of ether oxygens (including phenoxy) is 7. The quantitative estimate of drug-likeness (QED) is 0.0343. The van der Waals surface area contributed by atoms with E-state index in [1.807, 2.05) is 12.2 Å². The third-order valence-electron chi connectivity index (χ3n) is 11.1. The maximum atomic E-state index is 6.26. The van der Waals surface area contributed by atoms with E-state index in [9.17, 15) is 0 Å². The van der Waals surface area contributed by atoms with Crippen molar-refractivity contribution in [1.82, 2.24) is 0 Å². The van der Waals surface area contributed by atoms with Crippen LogP contribution in [-0.4, -0.2) is 65.8 Å². The van der Waals surface area contributed by atoms with Gasteiger partial charge in [0.15, 0.2) is 25.2 Å². The van der Waals surface area contributed by atoms with E-state index in [1.54, 1.807) is 14.2 Å². The van der Waals surface area contributed by atoms with Crippen LogP contribution in [0.5, 0.6) is 0 Å². The summed E-state index contributed by atoms with van der Waals surface area (Å²) < 4.78 is 42.4. The number of hydrogen-bond donors (Lipinski definition) is 0. The Kier molecular flexibility index (Phi) is 49.2. The van der Waals surface area contributed by atoms with E-state index >= 15 is 0 Å². The first-order chi connectivity index (χ1) is 29.1. The zero-order valence-electron chi connectivity index (χ0n) is 40.3. The molecule has 0 rings (SSSR count). The molecule has 7 nitrogen and oxygen atoms in total. The smallest absolute Gasteiger partial charge is 0.179 e. The lowest BCUT2D eigenvalue weighted by atomic mass is 10.1. The third-order valence-corrected chi connectivity index (χ3v) is 11.1. The van der Waals surface area contributed by atoms with Gasteiger partial charge in [0, 0.05) is 40.6 Å². The van der Waals surface area contributed by atoms with Gasteiger partial charge in [-0.05, 0) is 76.4 Å². The minimum atomic E-state index is -0.480. The lowest BCUT2D eigenvalue weighted by Crippen LogP contribution is -2.22. The minimum absolute atomic E-state index is 0.121. The molecular weight excluding hydrogens is 737 g/mol. The second kappa shape index (κ2) is 49.9.